The topological polar surface area (TPSA) is 99.1 Å². The summed E-state index contributed by atoms with van der Waals surface area (Å²) in [4.78, 5) is 25.4. The van der Waals surface area contributed by atoms with Crippen LogP contribution in [-0.2, 0) is 9.53 Å². The van der Waals surface area contributed by atoms with Gasteiger partial charge in [-0.3, -0.25) is 4.79 Å². The van der Waals surface area contributed by atoms with Gasteiger partial charge in [0, 0.05) is 19.0 Å². The fraction of sp³-hybridized carbons (Fsp3) is 0.857. The zero-order chi connectivity index (χ0) is 15.2. The van der Waals surface area contributed by atoms with E-state index in [1.54, 1.807) is 11.8 Å². The number of carboxylic acids is 1. The second kappa shape index (κ2) is 5.14. The lowest BCUT2D eigenvalue weighted by molar-refractivity contribution is -0.148. The molecule has 2 amide bonds. The second-order valence-corrected chi connectivity index (χ2v) is 6.71. The number of carbonyl (C=O) groups excluding carboxylic acids is 1. The van der Waals surface area contributed by atoms with Crippen LogP contribution in [0.5, 0.6) is 0 Å². The lowest BCUT2D eigenvalue weighted by Gasteiger charge is -2.28. The van der Waals surface area contributed by atoms with Crippen molar-refractivity contribution in [3.05, 3.63) is 0 Å². The van der Waals surface area contributed by atoms with Crippen molar-refractivity contribution in [3.8, 4) is 0 Å². The standard InChI is InChI=1S/C14H22N2O5/c1-14(12(18)19)7-21-6-11(14)15-13(20)16-4-8-2-3-10(17)9(8)5-16/h8-11,17H,2-7H2,1H3,(H,15,20)(H,18,19). The molecule has 0 aromatic rings. The van der Waals surface area contributed by atoms with Crippen LogP contribution >= 0.6 is 0 Å². The van der Waals surface area contributed by atoms with Crippen LogP contribution in [0.25, 0.3) is 0 Å². The smallest absolute Gasteiger partial charge is 0.317 e. The third-order valence-electron chi connectivity index (χ3n) is 5.35. The number of rotatable bonds is 2. The van der Waals surface area contributed by atoms with Gasteiger partial charge in [0.1, 0.15) is 5.41 Å². The molecule has 21 heavy (non-hydrogen) atoms. The molecule has 7 nitrogen and oxygen atoms in total. The Morgan fingerprint density at radius 3 is 2.76 bits per heavy atom. The van der Waals surface area contributed by atoms with Crippen LogP contribution in [0.2, 0.25) is 0 Å². The van der Waals surface area contributed by atoms with Crippen molar-refractivity contribution in [1.82, 2.24) is 10.2 Å². The third-order valence-corrected chi connectivity index (χ3v) is 5.35. The van der Waals surface area contributed by atoms with Crippen molar-refractivity contribution in [2.75, 3.05) is 26.3 Å². The van der Waals surface area contributed by atoms with Crippen LogP contribution in [0, 0.1) is 17.3 Å². The summed E-state index contributed by atoms with van der Waals surface area (Å²) in [6.07, 6.45) is 1.46. The predicted molar refractivity (Wildman–Crippen MR) is 72.7 cm³/mol. The molecule has 0 spiro atoms. The third kappa shape index (κ3) is 2.38. The predicted octanol–water partition coefficient (Wildman–Crippen LogP) is -0.112. The van der Waals surface area contributed by atoms with Gasteiger partial charge in [0.15, 0.2) is 0 Å². The summed E-state index contributed by atoms with van der Waals surface area (Å²) in [7, 11) is 0. The van der Waals surface area contributed by atoms with Crippen LogP contribution in [0.15, 0.2) is 0 Å². The average molecular weight is 298 g/mol. The van der Waals surface area contributed by atoms with E-state index < -0.39 is 17.4 Å². The quantitative estimate of drug-likeness (QED) is 0.660. The van der Waals surface area contributed by atoms with Gasteiger partial charge >= 0.3 is 12.0 Å². The number of nitrogens with one attached hydrogen (secondary N) is 1. The summed E-state index contributed by atoms with van der Waals surface area (Å²) in [5, 5.41) is 22.0. The van der Waals surface area contributed by atoms with Gasteiger partial charge in [-0.15, -0.1) is 0 Å². The van der Waals surface area contributed by atoms with Crippen molar-refractivity contribution in [3.63, 3.8) is 0 Å². The molecule has 2 saturated heterocycles. The first-order valence-electron chi connectivity index (χ1n) is 7.46. The average Bonchev–Trinajstić information content (AvgIpc) is 3.08. The molecule has 5 unspecified atom stereocenters. The van der Waals surface area contributed by atoms with Crippen LogP contribution in [0.1, 0.15) is 19.8 Å². The van der Waals surface area contributed by atoms with Crippen molar-refractivity contribution >= 4 is 12.0 Å². The first kappa shape index (κ1) is 14.6. The fourth-order valence-corrected chi connectivity index (χ4v) is 3.73. The summed E-state index contributed by atoms with van der Waals surface area (Å²) in [5.41, 5.74) is -1.08. The molecule has 1 aliphatic carbocycles. The number of fused-ring (bicyclic) bond motifs is 1. The molecule has 0 aromatic carbocycles. The Bertz CT molecular complexity index is 457. The van der Waals surface area contributed by atoms with E-state index in [0.717, 1.165) is 12.8 Å². The molecule has 118 valence electrons. The highest BCUT2D eigenvalue weighted by molar-refractivity contribution is 5.79. The highest BCUT2D eigenvalue weighted by Crippen LogP contribution is 2.38. The number of aliphatic hydroxyl groups excluding tert-OH is 1. The summed E-state index contributed by atoms with van der Waals surface area (Å²) >= 11 is 0. The summed E-state index contributed by atoms with van der Waals surface area (Å²) in [5.74, 6) is -0.420. The van der Waals surface area contributed by atoms with Crippen molar-refractivity contribution in [2.24, 2.45) is 17.3 Å². The van der Waals surface area contributed by atoms with Gasteiger partial charge in [0.2, 0.25) is 0 Å². The van der Waals surface area contributed by atoms with Crippen LogP contribution < -0.4 is 5.32 Å². The molecule has 7 heteroatoms. The molecule has 3 fully saturated rings. The maximum atomic E-state index is 12.3. The Hall–Kier alpha value is -1.34. The first-order valence-corrected chi connectivity index (χ1v) is 7.46. The lowest BCUT2D eigenvalue weighted by Crippen LogP contribution is -2.53. The number of carboxylic acid groups (broad SMARTS) is 1. The molecule has 3 N–H and O–H groups in total. The number of nitrogens with zero attached hydrogens (tertiary/aromatic N) is 1. The zero-order valence-electron chi connectivity index (χ0n) is 12.1. The minimum absolute atomic E-state index is 0.108. The first-order chi connectivity index (χ1) is 9.91. The number of aliphatic hydroxyl groups is 1. The molecule has 3 rings (SSSR count). The number of amides is 2. The summed E-state index contributed by atoms with van der Waals surface area (Å²) in [6.45, 7) is 3.12. The molecule has 1 saturated carbocycles. The van der Waals surface area contributed by atoms with E-state index in [9.17, 15) is 19.8 Å². The van der Waals surface area contributed by atoms with Crippen molar-refractivity contribution < 1.29 is 24.5 Å². The Labute approximate surface area is 123 Å². The molecule has 2 aliphatic heterocycles. The van der Waals surface area contributed by atoms with Crippen LogP contribution in [-0.4, -0.2) is 65.6 Å². The van der Waals surface area contributed by atoms with Gasteiger partial charge in [-0.2, -0.15) is 0 Å². The molecule has 0 radical (unpaired) electrons. The maximum Gasteiger partial charge on any atom is 0.317 e. The normalized spacial score (nSPS) is 42.1. The van der Waals surface area contributed by atoms with Gasteiger partial charge in [-0.05, 0) is 25.7 Å². The molecular weight excluding hydrogens is 276 g/mol. The largest absolute Gasteiger partial charge is 0.481 e. The number of aliphatic carboxylic acids is 1. The zero-order valence-corrected chi connectivity index (χ0v) is 12.1. The van der Waals surface area contributed by atoms with E-state index in [1.807, 2.05) is 0 Å². The van der Waals surface area contributed by atoms with Gasteiger partial charge in [-0.25, -0.2) is 4.79 Å². The molecule has 3 aliphatic rings. The highest BCUT2D eigenvalue weighted by Gasteiger charge is 2.49. The number of hydrogen-bond donors (Lipinski definition) is 3. The Balaban J connectivity index is 1.61. The number of hydrogen-bond acceptors (Lipinski definition) is 4. The van der Waals surface area contributed by atoms with E-state index in [0.29, 0.717) is 19.0 Å². The monoisotopic (exact) mass is 298 g/mol. The maximum absolute atomic E-state index is 12.3. The molecule has 0 aromatic heterocycles. The Kier molecular flexibility index (Phi) is 3.57. The van der Waals surface area contributed by atoms with E-state index in [-0.39, 0.29) is 31.3 Å². The summed E-state index contributed by atoms with van der Waals surface area (Å²) in [6, 6.07) is -0.771. The molecule has 5 atom stereocenters. The molecule has 0 bridgehead atoms. The fourth-order valence-electron chi connectivity index (χ4n) is 3.73. The van der Waals surface area contributed by atoms with Crippen LogP contribution in [0.4, 0.5) is 4.79 Å². The highest BCUT2D eigenvalue weighted by atomic mass is 16.5. The van der Waals surface area contributed by atoms with Crippen LogP contribution in [0.3, 0.4) is 0 Å². The van der Waals surface area contributed by atoms with E-state index in [2.05, 4.69) is 5.32 Å². The van der Waals surface area contributed by atoms with Gasteiger partial charge in [-0.1, -0.05) is 0 Å². The van der Waals surface area contributed by atoms with Gasteiger partial charge in [0.25, 0.3) is 0 Å². The Morgan fingerprint density at radius 2 is 2.10 bits per heavy atom. The van der Waals surface area contributed by atoms with E-state index in [4.69, 9.17) is 4.74 Å². The SMILES string of the molecule is CC1(C(=O)O)COCC1NC(=O)N1CC2CCC(O)C2C1. The van der Waals surface area contributed by atoms with Crippen molar-refractivity contribution in [2.45, 2.75) is 31.9 Å². The summed E-state index contributed by atoms with van der Waals surface area (Å²) < 4.78 is 5.24. The minimum Gasteiger partial charge on any atom is -0.481 e. The molecular formula is C14H22N2O5. The molecule has 2 heterocycles. The van der Waals surface area contributed by atoms with Gasteiger partial charge in [0.05, 0.1) is 25.4 Å². The van der Waals surface area contributed by atoms with Gasteiger partial charge < -0.3 is 25.2 Å². The number of urea groups is 1. The Morgan fingerprint density at radius 1 is 1.33 bits per heavy atom. The van der Waals surface area contributed by atoms with E-state index >= 15 is 0 Å². The number of ether oxygens (including phenoxy) is 1. The minimum atomic E-state index is -1.08. The van der Waals surface area contributed by atoms with Crippen molar-refractivity contribution in [1.29, 1.82) is 0 Å². The van der Waals surface area contributed by atoms with E-state index in [1.165, 1.54) is 0 Å². The second-order valence-electron chi connectivity index (χ2n) is 6.71. The lowest BCUT2D eigenvalue weighted by atomic mass is 9.85. The number of likely N-dealkylation sites (tertiary alicyclic amines) is 1. The number of carbonyl (C=O) groups is 2.